The summed E-state index contributed by atoms with van der Waals surface area (Å²) in [7, 11) is 0. The van der Waals surface area contributed by atoms with E-state index in [1.807, 2.05) is 30.3 Å². The van der Waals surface area contributed by atoms with Crippen molar-refractivity contribution < 1.29 is 27.9 Å². The first kappa shape index (κ1) is 24.2. The van der Waals surface area contributed by atoms with E-state index in [2.05, 4.69) is 10.6 Å². The molecular formula is C24H27F2N3O4. The lowest BCUT2D eigenvalue weighted by molar-refractivity contribution is -0.128. The third-order valence-electron chi connectivity index (χ3n) is 5.36. The summed E-state index contributed by atoms with van der Waals surface area (Å²) in [6.07, 6.45) is 0.123. The lowest BCUT2D eigenvalue weighted by atomic mass is 10.0. The molecule has 2 atom stereocenters. The van der Waals surface area contributed by atoms with E-state index in [9.17, 15) is 23.2 Å². The van der Waals surface area contributed by atoms with Gasteiger partial charge >= 0.3 is 0 Å². The Morgan fingerprint density at radius 1 is 1.09 bits per heavy atom. The zero-order valence-electron chi connectivity index (χ0n) is 18.5. The molecule has 2 aromatic carbocycles. The van der Waals surface area contributed by atoms with Crippen LogP contribution >= 0.6 is 0 Å². The van der Waals surface area contributed by atoms with Crippen LogP contribution in [0.25, 0.3) is 0 Å². The van der Waals surface area contributed by atoms with Gasteiger partial charge in [-0.1, -0.05) is 38.1 Å². The molecule has 3 rings (SSSR count). The van der Waals surface area contributed by atoms with Crippen molar-refractivity contribution in [3.05, 3.63) is 65.7 Å². The minimum atomic E-state index is -1.03. The van der Waals surface area contributed by atoms with Crippen LogP contribution in [0, 0.1) is 17.6 Å². The number of ether oxygens (including phenoxy) is 1. The maximum Gasteiger partial charge on any atom is 0.257 e. The monoisotopic (exact) mass is 459 g/mol. The minimum absolute atomic E-state index is 0.115. The Morgan fingerprint density at radius 3 is 2.39 bits per heavy atom. The highest BCUT2D eigenvalue weighted by molar-refractivity contribution is 5.98. The highest BCUT2D eigenvalue weighted by Gasteiger charge is 2.34. The van der Waals surface area contributed by atoms with Crippen LogP contribution in [0.1, 0.15) is 30.6 Å². The zero-order valence-corrected chi connectivity index (χ0v) is 18.5. The molecule has 7 nitrogen and oxygen atoms in total. The van der Waals surface area contributed by atoms with E-state index in [0.717, 1.165) is 18.2 Å². The molecule has 9 heteroatoms. The highest BCUT2D eigenvalue weighted by atomic mass is 19.1. The molecular weight excluding hydrogens is 432 g/mol. The van der Waals surface area contributed by atoms with Crippen molar-refractivity contribution in [2.45, 2.75) is 32.4 Å². The van der Waals surface area contributed by atoms with Crippen molar-refractivity contribution in [2.24, 2.45) is 5.92 Å². The molecule has 2 unspecified atom stereocenters. The Kier molecular flexibility index (Phi) is 7.97. The lowest BCUT2D eigenvalue weighted by Gasteiger charge is -2.24. The Balaban J connectivity index is 1.54. The van der Waals surface area contributed by atoms with Gasteiger partial charge in [0.05, 0.1) is 12.6 Å². The molecule has 0 spiro atoms. The Hall–Kier alpha value is -3.49. The average molecular weight is 459 g/mol. The van der Waals surface area contributed by atoms with Gasteiger partial charge in [0.1, 0.15) is 35.6 Å². The van der Waals surface area contributed by atoms with E-state index in [0.29, 0.717) is 25.4 Å². The maximum absolute atomic E-state index is 13.9. The third-order valence-corrected chi connectivity index (χ3v) is 5.36. The van der Waals surface area contributed by atoms with E-state index < -0.39 is 41.1 Å². The summed E-state index contributed by atoms with van der Waals surface area (Å²) < 4.78 is 33.5. The summed E-state index contributed by atoms with van der Waals surface area (Å²) in [5.74, 6) is -3.31. The topological polar surface area (TPSA) is 87.7 Å². The Morgan fingerprint density at radius 2 is 1.76 bits per heavy atom. The molecule has 0 bridgehead atoms. The van der Waals surface area contributed by atoms with Crippen molar-refractivity contribution in [3.8, 4) is 5.75 Å². The largest absolute Gasteiger partial charge is 0.492 e. The number of hydrogen-bond donors (Lipinski definition) is 2. The van der Waals surface area contributed by atoms with Crippen LogP contribution in [0.4, 0.5) is 8.78 Å². The van der Waals surface area contributed by atoms with E-state index in [1.165, 1.54) is 0 Å². The van der Waals surface area contributed by atoms with Crippen LogP contribution in [0.2, 0.25) is 0 Å². The number of rotatable bonds is 9. The summed E-state index contributed by atoms with van der Waals surface area (Å²) in [4.78, 5) is 39.2. The quantitative estimate of drug-likeness (QED) is 0.603. The molecule has 1 aliphatic rings. The zero-order chi connectivity index (χ0) is 24.0. The number of amides is 3. The highest BCUT2D eigenvalue weighted by Crippen LogP contribution is 2.15. The standard InChI is InChI=1S/C24H27F2N3O4/c1-15(2)22(28-23(31)21-18(25)9-6-10-19(21)26)24(32)27-16-13-20(30)29(14-16)11-12-33-17-7-4-3-5-8-17/h3-10,15-16,22H,11-14H2,1-2H3,(H,27,32)(H,28,31). The SMILES string of the molecule is CC(C)C(NC(=O)c1c(F)cccc1F)C(=O)NC1CC(=O)N(CCOc2ccccc2)C1. The van der Waals surface area contributed by atoms with Crippen LogP contribution in [0.3, 0.4) is 0 Å². The number of nitrogens with zero attached hydrogens (tertiary/aromatic N) is 1. The van der Waals surface area contributed by atoms with Crippen molar-refractivity contribution in [2.75, 3.05) is 19.7 Å². The average Bonchev–Trinajstić information content (AvgIpc) is 3.11. The first-order valence-electron chi connectivity index (χ1n) is 10.8. The molecule has 0 saturated carbocycles. The van der Waals surface area contributed by atoms with Gasteiger partial charge in [-0.25, -0.2) is 8.78 Å². The second-order valence-corrected chi connectivity index (χ2v) is 8.20. The fraction of sp³-hybridized carbons (Fsp3) is 0.375. The number of carbonyl (C=O) groups is 3. The van der Waals surface area contributed by atoms with Gasteiger partial charge in [0.25, 0.3) is 5.91 Å². The second-order valence-electron chi connectivity index (χ2n) is 8.20. The smallest absolute Gasteiger partial charge is 0.257 e. The predicted molar refractivity (Wildman–Crippen MR) is 118 cm³/mol. The summed E-state index contributed by atoms with van der Waals surface area (Å²) in [5, 5.41) is 5.18. The normalized spacial score (nSPS) is 16.6. The molecule has 1 saturated heterocycles. The number of para-hydroxylation sites is 1. The molecule has 0 radical (unpaired) electrons. The van der Waals surface area contributed by atoms with Crippen LogP contribution in [0.15, 0.2) is 48.5 Å². The van der Waals surface area contributed by atoms with E-state index in [4.69, 9.17) is 4.74 Å². The molecule has 176 valence electrons. The van der Waals surface area contributed by atoms with E-state index >= 15 is 0 Å². The van der Waals surface area contributed by atoms with Crippen molar-refractivity contribution >= 4 is 17.7 Å². The van der Waals surface area contributed by atoms with Gasteiger partial charge in [0, 0.05) is 13.0 Å². The Bertz CT molecular complexity index is 980. The van der Waals surface area contributed by atoms with Crippen LogP contribution < -0.4 is 15.4 Å². The number of nitrogens with one attached hydrogen (secondary N) is 2. The molecule has 1 heterocycles. The molecule has 2 N–H and O–H groups in total. The van der Waals surface area contributed by atoms with Crippen LogP contribution in [-0.2, 0) is 9.59 Å². The summed E-state index contributed by atoms with van der Waals surface area (Å²) in [6, 6.07) is 10.9. The van der Waals surface area contributed by atoms with Gasteiger partial charge < -0.3 is 20.3 Å². The molecule has 33 heavy (non-hydrogen) atoms. The van der Waals surface area contributed by atoms with Gasteiger partial charge in [-0.15, -0.1) is 0 Å². The minimum Gasteiger partial charge on any atom is -0.492 e. The molecule has 3 amide bonds. The second kappa shape index (κ2) is 10.9. The van der Waals surface area contributed by atoms with Gasteiger partial charge in [-0.3, -0.25) is 14.4 Å². The number of likely N-dealkylation sites (tertiary alicyclic amines) is 1. The van der Waals surface area contributed by atoms with E-state index in [-0.39, 0.29) is 18.2 Å². The number of halogens is 2. The number of carbonyl (C=O) groups excluding carboxylic acids is 3. The first-order valence-corrected chi connectivity index (χ1v) is 10.8. The predicted octanol–water partition coefficient (Wildman–Crippen LogP) is 2.52. The fourth-order valence-electron chi connectivity index (χ4n) is 3.63. The van der Waals surface area contributed by atoms with E-state index in [1.54, 1.807) is 18.7 Å². The van der Waals surface area contributed by atoms with Crippen molar-refractivity contribution in [3.63, 3.8) is 0 Å². The Labute approximate surface area is 191 Å². The lowest BCUT2D eigenvalue weighted by Crippen LogP contribution is -2.52. The summed E-state index contributed by atoms with van der Waals surface area (Å²) >= 11 is 0. The fourth-order valence-corrected chi connectivity index (χ4v) is 3.63. The first-order chi connectivity index (χ1) is 15.8. The molecule has 2 aromatic rings. The molecule has 0 aromatic heterocycles. The van der Waals surface area contributed by atoms with Gasteiger partial charge in [-0.05, 0) is 30.2 Å². The maximum atomic E-state index is 13.9. The molecule has 0 aliphatic carbocycles. The third kappa shape index (κ3) is 6.27. The van der Waals surface area contributed by atoms with Gasteiger partial charge in [-0.2, -0.15) is 0 Å². The molecule has 1 fully saturated rings. The number of benzene rings is 2. The van der Waals surface area contributed by atoms with Gasteiger partial charge in [0.2, 0.25) is 11.8 Å². The van der Waals surface area contributed by atoms with Crippen LogP contribution in [-0.4, -0.2) is 54.4 Å². The van der Waals surface area contributed by atoms with Crippen molar-refractivity contribution in [1.82, 2.24) is 15.5 Å². The summed E-state index contributed by atoms with van der Waals surface area (Å²) in [6.45, 7) is 4.40. The summed E-state index contributed by atoms with van der Waals surface area (Å²) in [5.41, 5.74) is -0.739. The van der Waals surface area contributed by atoms with Crippen molar-refractivity contribution in [1.29, 1.82) is 0 Å². The van der Waals surface area contributed by atoms with Gasteiger partial charge in [0.15, 0.2) is 0 Å². The molecule has 1 aliphatic heterocycles. The van der Waals surface area contributed by atoms with Crippen LogP contribution in [0.5, 0.6) is 5.75 Å². The number of hydrogen-bond acceptors (Lipinski definition) is 4.